The molecule has 0 saturated carbocycles. The molecule has 0 bridgehead atoms. The van der Waals surface area contributed by atoms with E-state index in [1.54, 1.807) is 50.2 Å². The number of benzene rings is 1. The van der Waals surface area contributed by atoms with Crippen molar-refractivity contribution in [1.82, 2.24) is 3.97 Å². The second-order valence-electron chi connectivity index (χ2n) is 6.13. The van der Waals surface area contributed by atoms with Gasteiger partial charge in [0.15, 0.2) is 0 Å². The third-order valence-electron chi connectivity index (χ3n) is 3.98. The van der Waals surface area contributed by atoms with E-state index in [9.17, 15) is 13.0 Å². The summed E-state index contributed by atoms with van der Waals surface area (Å²) in [6.07, 6.45) is 2.93. The van der Waals surface area contributed by atoms with E-state index >= 15 is 0 Å². The molecule has 6 nitrogen and oxygen atoms in total. The molecule has 0 unspecified atom stereocenters. The van der Waals surface area contributed by atoms with E-state index in [1.807, 2.05) is 13.8 Å². The van der Waals surface area contributed by atoms with Crippen LogP contribution in [0.5, 0.6) is 0 Å². The van der Waals surface area contributed by atoms with Crippen LogP contribution >= 0.6 is 31.6 Å². The van der Waals surface area contributed by atoms with Gasteiger partial charge in [-0.25, -0.2) is 12.4 Å². The fraction of sp³-hybridized carbons (Fsp3) is 0.350. The molecule has 0 aliphatic rings. The van der Waals surface area contributed by atoms with Gasteiger partial charge in [-0.05, 0) is 56.9 Å². The fourth-order valence-electron chi connectivity index (χ4n) is 2.64. The molecule has 0 N–H and O–H groups in total. The molecule has 0 atom stereocenters. The Morgan fingerprint density at radius 1 is 1.13 bits per heavy atom. The highest BCUT2D eigenvalue weighted by Crippen LogP contribution is 2.58. The third kappa shape index (κ3) is 5.72. The zero-order valence-corrected chi connectivity index (χ0v) is 20.7. The molecule has 1 aromatic carbocycles. The van der Waals surface area contributed by atoms with Gasteiger partial charge in [-0.3, -0.25) is 4.57 Å². The fourth-order valence-corrected chi connectivity index (χ4v) is 7.27. The smallest absolute Gasteiger partial charge is 0.305 e. The van der Waals surface area contributed by atoms with Crippen molar-refractivity contribution in [1.29, 1.82) is 0 Å². The van der Waals surface area contributed by atoms with E-state index in [0.717, 1.165) is 9.54 Å². The number of aromatic nitrogens is 1. The van der Waals surface area contributed by atoms with Crippen LogP contribution in [0.15, 0.2) is 52.8 Å². The number of hydrogen-bond acceptors (Lipinski definition) is 7. The highest BCUT2D eigenvalue weighted by molar-refractivity contribution is 8.24. The van der Waals surface area contributed by atoms with Crippen LogP contribution in [0.2, 0.25) is 0 Å². The number of hydrogen-bond donors (Lipinski definition) is 0. The van der Waals surface area contributed by atoms with Crippen molar-refractivity contribution in [2.45, 2.75) is 32.6 Å². The predicted octanol–water partition coefficient (Wildman–Crippen LogP) is 5.72. The normalized spacial score (nSPS) is 12.9. The van der Waals surface area contributed by atoms with Crippen molar-refractivity contribution in [2.24, 2.45) is 0 Å². The maximum absolute atomic E-state index is 13.5. The first-order chi connectivity index (χ1) is 14.2. The minimum Gasteiger partial charge on any atom is -0.305 e. The van der Waals surface area contributed by atoms with Crippen molar-refractivity contribution < 1.29 is 22.0 Å². The number of thiocarbonyl (C=S) groups is 1. The van der Waals surface area contributed by atoms with Gasteiger partial charge in [0.1, 0.15) is 0 Å². The monoisotopic (exact) mass is 487 g/mol. The lowest BCUT2D eigenvalue weighted by molar-refractivity contribution is 0.228. The van der Waals surface area contributed by atoms with Crippen molar-refractivity contribution in [3.8, 4) is 0 Å². The molecule has 0 saturated heterocycles. The first-order valence-corrected chi connectivity index (χ1v) is 13.8. The molecule has 0 radical (unpaired) electrons. The molecule has 0 aliphatic carbocycles. The van der Waals surface area contributed by atoms with Gasteiger partial charge in [-0.2, -0.15) is 0 Å². The van der Waals surface area contributed by atoms with E-state index < -0.39 is 17.6 Å². The van der Waals surface area contributed by atoms with Crippen LogP contribution in [0.4, 0.5) is 0 Å². The molecule has 2 rings (SSSR count). The Morgan fingerprint density at radius 2 is 1.73 bits per heavy atom. The zero-order chi connectivity index (χ0) is 22.4. The minimum absolute atomic E-state index is 0.156. The van der Waals surface area contributed by atoms with Crippen molar-refractivity contribution in [3.05, 3.63) is 59.2 Å². The summed E-state index contributed by atoms with van der Waals surface area (Å²) in [6, 6.07) is 9.82. The quantitative estimate of drug-likeness (QED) is 0.241. The van der Waals surface area contributed by atoms with E-state index in [-0.39, 0.29) is 23.4 Å². The van der Waals surface area contributed by atoms with Crippen LogP contribution in [-0.2, 0) is 23.6 Å². The summed E-state index contributed by atoms with van der Waals surface area (Å²) in [5.74, 6) is 0.664. The van der Waals surface area contributed by atoms with Crippen LogP contribution in [0.3, 0.4) is 0 Å². The lowest BCUT2D eigenvalue weighted by atomic mass is 10.2. The predicted molar refractivity (Wildman–Crippen MR) is 128 cm³/mol. The molecule has 1 aromatic heterocycles. The lowest BCUT2D eigenvalue weighted by Gasteiger charge is -2.20. The van der Waals surface area contributed by atoms with E-state index in [0.29, 0.717) is 15.6 Å². The summed E-state index contributed by atoms with van der Waals surface area (Å²) in [5, 5.41) is 0.187. The van der Waals surface area contributed by atoms with Gasteiger partial charge in [0.25, 0.3) is 10.0 Å². The maximum Gasteiger partial charge on any atom is 0.363 e. The van der Waals surface area contributed by atoms with Gasteiger partial charge < -0.3 is 9.05 Å². The molecular weight excluding hydrogens is 461 g/mol. The Kier molecular flexibility index (Phi) is 9.09. The Morgan fingerprint density at radius 3 is 2.27 bits per heavy atom. The molecule has 2 aromatic rings. The highest BCUT2D eigenvalue weighted by atomic mass is 32.2. The van der Waals surface area contributed by atoms with E-state index in [1.165, 1.54) is 24.0 Å². The first kappa shape index (κ1) is 25.0. The Labute approximate surface area is 188 Å². The largest absolute Gasteiger partial charge is 0.363 e. The standard InChI is InChI=1S/C20H26NO5PS3/c1-5-25-27(22,26-6-2)19(20(28)29-7-3)15-17-9-8-14-21(17)30(23,24)18-12-10-16(4)11-13-18/h8-15H,5-7H2,1-4H3/b19-15+. The number of nitrogens with zero attached hydrogens (tertiary/aromatic N) is 1. The molecule has 10 heteroatoms. The van der Waals surface area contributed by atoms with E-state index in [2.05, 4.69) is 0 Å². The summed E-state index contributed by atoms with van der Waals surface area (Å²) < 4.78 is 52.2. The van der Waals surface area contributed by atoms with Crippen LogP contribution in [0.1, 0.15) is 32.0 Å². The van der Waals surface area contributed by atoms with Gasteiger partial charge in [0.2, 0.25) is 0 Å². The highest BCUT2D eigenvalue weighted by Gasteiger charge is 2.33. The van der Waals surface area contributed by atoms with Gasteiger partial charge in [0.05, 0.1) is 33.3 Å². The Hall–Kier alpha value is -1.22. The molecule has 164 valence electrons. The summed E-state index contributed by atoms with van der Waals surface area (Å²) in [5.41, 5.74) is 1.27. The minimum atomic E-state index is -3.85. The summed E-state index contributed by atoms with van der Waals surface area (Å²) >= 11 is 6.80. The number of thioether (sulfide) groups is 1. The zero-order valence-electron chi connectivity index (χ0n) is 17.4. The van der Waals surface area contributed by atoms with Crippen molar-refractivity contribution in [3.63, 3.8) is 0 Å². The van der Waals surface area contributed by atoms with Crippen LogP contribution in [-0.4, -0.2) is 35.6 Å². The molecule has 0 aliphatic heterocycles. The Balaban J connectivity index is 2.63. The first-order valence-electron chi connectivity index (χ1n) is 9.47. The van der Waals surface area contributed by atoms with Crippen LogP contribution in [0.25, 0.3) is 6.08 Å². The molecule has 0 spiro atoms. The second kappa shape index (κ2) is 10.9. The number of aryl methyl sites for hydroxylation is 1. The van der Waals surface area contributed by atoms with Gasteiger partial charge in [-0.1, -0.05) is 36.8 Å². The maximum atomic E-state index is 13.5. The SMILES string of the molecule is CCOP(=O)(OCC)/C(=C/c1cccn1S(=O)(=O)c1ccc(C)cc1)C(=S)SCC. The van der Waals surface area contributed by atoms with Crippen molar-refractivity contribution in [2.75, 3.05) is 19.0 Å². The van der Waals surface area contributed by atoms with E-state index in [4.69, 9.17) is 21.3 Å². The van der Waals surface area contributed by atoms with Gasteiger partial charge in [0, 0.05) is 6.20 Å². The van der Waals surface area contributed by atoms with Crippen LogP contribution < -0.4 is 0 Å². The number of rotatable bonds is 10. The summed E-state index contributed by atoms with van der Waals surface area (Å²) in [7, 11) is -7.56. The summed E-state index contributed by atoms with van der Waals surface area (Å²) in [6.45, 7) is 7.56. The molecule has 0 amide bonds. The van der Waals surface area contributed by atoms with Gasteiger partial charge >= 0.3 is 7.60 Å². The topological polar surface area (TPSA) is 74.6 Å². The molecule has 30 heavy (non-hydrogen) atoms. The third-order valence-corrected chi connectivity index (χ3v) is 9.49. The molecule has 0 fully saturated rings. The van der Waals surface area contributed by atoms with Crippen LogP contribution in [0, 0.1) is 6.92 Å². The molecule has 1 heterocycles. The van der Waals surface area contributed by atoms with Crippen molar-refractivity contribution >= 4 is 51.9 Å². The Bertz CT molecular complexity index is 1050. The molecular formula is C20H26NO5PS3. The second-order valence-corrected chi connectivity index (χ2v) is 11.9. The van der Waals surface area contributed by atoms with Gasteiger partial charge in [-0.15, -0.1) is 11.8 Å². The average molecular weight is 488 g/mol. The average Bonchev–Trinajstić information content (AvgIpc) is 3.16. The summed E-state index contributed by atoms with van der Waals surface area (Å²) in [4.78, 5) is 0.156. The lowest BCUT2D eigenvalue weighted by Crippen LogP contribution is -2.14.